The molecule has 1 unspecified atom stereocenters. The fourth-order valence-electron chi connectivity index (χ4n) is 3.42. The van der Waals surface area contributed by atoms with E-state index in [2.05, 4.69) is 54.0 Å². The lowest BCUT2D eigenvalue weighted by Gasteiger charge is -2.19. The Balaban J connectivity index is 1.65. The quantitative estimate of drug-likeness (QED) is 0.453. The molecule has 0 bridgehead atoms. The average molecular weight is 412 g/mol. The molecule has 0 radical (unpaired) electrons. The molecule has 1 atom stereocenters. The van der Waals surface area contributed by atoms with Crippen molar-refractivity contribution in [3.8, 4) is 0 Å². The molecule has 2 heterocycles. The van der Waals surface area contributed by atoms with Gasteiger partial charge in [-0.1, -0.05) is 47.5 Å². The number of aliphatic hydroxyl groups is 1. The number of aromatic nitrogens is 2. The third-order valence-electron chi connectivity index (χ3n) is 4.82. The van der Waals surface area contributed by atoms with Crippen LogP contribution in [0.4, 0.5) is 0 Å². The maximum absolute atomic E-state index is 9.52. The molecule has 4 rings (SSSR count). The Morgan fingerprint density at radius 1 is 1.18 bits per heavy atom. The van der Waals surface area contributed by atoms with Gasteiger partial charge in [-0.25, -0.2) is 4.98 Å². The number of nitrogens with one attached hydrogen (secondary N) is 1. The van der Waals surface area contributed by atoms with E-state index in [1.54, 1.807) is 11.3 Å². The van der Waals surface area contributed by atoms with Gasteiger partial charge in [0.2, 0.25) is 0 Å². The minimum Gasteiger partial charge on any atom is -0.395 e. The summed E-state index contributed by atoms with van der Waals surface area (Å²) in [5.74, 6) is 0.889. The molecule has 2 aromatic heterocycles. The van der Waals surface area contributed by atoms with E-state index in [-0.39, 0.29) is 12.6 Å². The number of halogens is 1. The summed E-state index contributed by atoms with van der Waals surface area (Å²) in [5.41, 5.74) is 4.30. The maximum Gasteiger partial charge on any atom is 0.123 e. The molecule has 144 valence electrons. The highest BCUT2D eigenvalue weighted by Gasteiger charge is 2.17. The van der Waals surface area contributed by atoms with Gasteiger partial charge in [-0.3, -0.25) is 5.32 Å². The standard InChI is InChI=1S/C22H22ClN3OS/c1-15-4-6-16(7-5-15)22(20-3-2-12-28-20)24-14-21-25-18-9-8-17(23)13-19(18)26(21)10-11-27/h2-9,12-13,22,24,27H,10-11,14H2,1H3. The van der Waals surface area contributed by atoms with Gasteiger partial charge in [-0.05, 0) is 42.1 Å². The van der Waals surface area contributed by atoms with Gasteiger partial charge in [-0.15, -0.1) is 11.3 Å². The first-order valence-electron chi connectivity index (χ1n) is 9.24. The molecule has 2 aromatic carbocycles. The molecule has 0 saturated heterocycles. The van der Waals surface area contributed by atoms with Crippen molar-refractivity contribution in [2.45, 2.75) is 26.1 Å². The lowest BCUT2D eigenvalue weighted by atomic mass is 10.0. The van der Waals surface area contributed by atoms with E-state index in [1.807, 2.05) is 22.8 Å². The summed E-state index contributed by atoms with van der Waals surface area (Å²) in [7, 11) is 0. The summed E-state index contributed by atoms with van der Waals surface area (Å²) in [6, 6.07) is 18.6. The number of thiophene rings is 1. The van der Waals surface area contributed by atoms with Crippen LogP contribution in [0.2, 0.25) is 5.02 Å². The highest BCUT2D eigenvalue weighted by molar-refractivity contribution is 7.10. The van der Waals surface area contributed by atoms with Crippen LogP contribution in [-0.2, 0) is 13.1 Å². The molecular weight excluding hydrogens is 390 g/mol. The fourth-order valence-corrected chi connectivity index (χ4v) is 4.41. The predicted octanol–water partition coefficient (Wildman–Crippen LogP) is 4.93. The average Bonchev–Trinajstić information content (AvgIpc) is 3.33. The molecule has 0 spiro atoms. The first-order chi connectivity index (χ1) is 13.7. The summed E-state index contributed by atoms with van der Waals surface area (Å²) in [4.78, 5) is 6.03. The molecule has 0 fully saturated rings. The number of imidazole rings is 1. The minimum absolute atomic E-state index is 0.0529. The van der Waals surface area contributed by atoms with E-state index < -0.39 is 0 Å². The van der Waals surface area contributed by atoms with Crippen LogP contribution in [0.15, 0.2) is 60.0 Å². The predicted molar refractivity (Wildman–Crippen MR) is 116 cm³/mol. The van der Waals surface area contributed by atoms with Crippen LogP contribution >= 0.6 is 22.9 Å². The number of nitrogens with zero attached hydrogens (tertiary/aromatic N) is 2. The van der Waals surface area contributed by atoms with Crippen LogP contribution in [0.5, 0.6) is 0 Å². The van der Waals surface area contributed by atoms with Gasteiger partial charge in [0.1, 0.15) is 5.82 Å². The zero-order chi connectivity index (χ0) is 19.5. The number of aliphatic hydroxyl groups excluding tert-OH is 1. The summed E-state index contributed by atoms with van der Waals surface area (Å²) in [5, 5.41) is 16.0. The largest absolute Gasteiger partial charge is 0.395 e. The zero-order valence-electron chi connectivity index (χ0n) is 15.6. The van der Waals surface area contributed by atoms with Gasteiger partial charge in [0.15, 0.2) is 0 Å². The molecule has 4 aromatic rings. The maximum atomic E-state index is 9.52. The number of fused-ring (bicyclic) bond motifs is 1. The molecule has 0 saturated carbocycles. The van der Waals surface area contributed by atoms with Crippen LogP contribution in [0, 0.1) is 6.92 Å². The van der Waals surface area contributed by atoms with E-state index in [0.717, 1.165) is 16.9 Å². The third kappa shape index (κ3) is 3.98. The molecule has 6 heteroatoms. The van der Waals surface area contributed by atoms with E-state index in [9.17, 15) is 5.11 Å². The molecular formula is C22H22ClN3OS. The van der Waals surface area contributed by atoms with Gasteiger partial charge in [-0.2, -0.15) is 0 Å². The van der Waals surface area contributed by atoms with Gasteiger partial charge < -0.3 is 9.67 Å². The number of benzene rings is 2. The second kappa shape index (κ2) is 8.45. The molecule has 4 nitrogen and oxygen atoms in total. The van der Waals surface area contributed by atoms with Crippen molar-refractivity contribution < 1.29 is 5.11 Å². The van der Waals surface area contributed by atoms with Crippen molar-refractivity contribution in [2.75, 3.05) is 6.61 Å². The normalized spacial score (nSPS) is 12.5. The summed E-state index contributed by atoms with van der Waals surface area (Å²) < 4.78 is 2.04. The Hall–Kier alpha value is -2.18. The van der Waals surface area contributed by atoms with Crippen molar-refractivity contribution in [3.05, 3.63) is 86.8 Å². The van der Waals surface area contributed by atoms with Crippen LogP contribution in [0.1, 0.15) is 27.9 Å². The Kier molecular flexibility index (Phi) is 5.78. The molecule has 2 N–H and O–H groups in total. The number of hydrogen-bond donors (Lipinski definition) is 2. The number of rotatable bonds is 7. The Morgan fingerprint density at radius 3 is 2.71 bits per heavy atom. The lowest BCUT2D eigenvalue weighted by molar-refractivity contribution is 0.275. The molecule has 0 aliphatic heterocycles. The van der Waals surface area contributed by atoms with Crippen molar-refractivity contribution in [1.29, 1.82) is 0 Å². The van der Waals surface area contributed by atoms with E-state index in [1.165, 1.54) is 16.0 Å². The van der Waals surface area contributed by atoms with Gasteiger partial charge >= 0.3 is 0 Å². The molecule has 0 aliphatic rings. The highest BCUT2D eigenvalue weighted by atomic mass is 35.5. The smallest absolute Gasteiger partial charge is 0.123 e. The van der Waals surface area contributed by atoms with Gasteiger partial charge in [0, 0.05) is 16.4 Å². The Morgan fingerprint density at radius 2 is 2.00 bits per heavy atom. The first kappa shape index (κ1) is 19.2. The highest BCUT2D eigenvalue weighted by Crippen LogP contribution is 2.27. The van der Waals surface area contributed by atoms with E-state index in [4.69, 9.17) is 16.6 Å². The van der Waals surface area contributed by atoms with Crippen LogP contribution in [0.3, 0.4) is 0 Å². The molecule has 0 amide bonds. The number of hydrogen-bond acceptors (Lipinski definition) is 4. The minimum atomic E-state index is 0.0529. The van der Waals surface area contributed by atoms with Crippen molar-refractivity contribution >= 4 is 34.0 Å². The Bertz CT molecular complexity index is 1060. The molecule has 28 heavy (non-hydrogen) atoms. The topological polar surface area (TPSA) is 50.1 Å². The van der Waals surface area contributed by atoms with Crippen molar-refractivity contribution in [2.24, 2.45) is 0 Å². The first-order valence-corrected chi connectivity index (χ1v) is 10.5. The van der Waals surface area contributed by atoms with Crippen molar-refractivity contribution in [3.63, 3.8) is 0 Å². The fraction of sp³-hybridized carbons (Fsp3) is 0.227. The van der Waals surface area contributed by atoms with Gasteiger partial charge in [0.05, 0.1) is 30.2 Å². The lowest BCUT2D eigenvalue weighted by Crippen LogP contribution is -2.23. The van der Waals surface area contributed by atoms with Gasteiger partial charge in [0.25, 0.3) is 0 Å². The second-order valence-corrected chi connectivity index (χ2v) is 8.19. The zero-order valence-corrected chi connectivity index (χ0v) is 17.2. The second-order valence-electron chi connectivity index (χ2n) is 6.78. The van der Waals surface area contributed by atoms with Crippen LogP contribution in [-0.4, -0.2) is 21.3 Å². The summed E-state index contributed by atoms with van der Waals surface area (Å²) >= 11 is 7.91. The third-order valence-corrected chi connectivity index (χ3v) is 5.99. The SMILES string of the molecule is Cc1ccc(C(NCc2nc3ccc(Cl)cc3n2CCO)c2cccs2)cc1. The van der Waals surface area contributed by atoms with Crippen LogP contribution < -0.4 is 5.32 Å². The van der Waals surface area contributed by atoms with Crippen molar-refractivity contribution in [1.82, 2.24) is 14.9 Å². The van der Waals surface area contributed by atoms with Crippen LogP contribution in [0.25, 0.3) is 11.0 Å². The van der Waals surface area contributed by atoms with E-state index >= 15 is 0 Å². The Labute approximate surface area is 173 Å². The summed E-state index contributed by atoms with van der Waals surface area (Å²) in [6.07, 6.45) is 0. The summed E-state index contributed by atoms with van der Waals surface area (Å²) in [6.45, 7) is 3.22. The number of aryl methyl sites for hydroxylation is 1. The monoisotopic (exact) mass is 411 g/mol. The molecule has 0 aliphatic carbocycles. The van der Waals surface area contributed by atoms with E-state index in [0.29, 0.717) is 18.1 Å².